The third kappa shape index (κ3) is 4.33. The second-order valence-electron chi connectivity index (χ2n) is 7.87. The third-order valence-corrected chi connectivity index (χ3v) is 7.66. The van der Waals surface area contributed by atoms with E-state index in [9.17, 15) is 17.6 Å². The maximum Gasteiger partial charge on any atom is 0.247 e. The van der Waals surface area contributed by atoms with E-state index in [2.05, 4.69) is 15.3 Å². The van der Waals surface area contributed by atoms with Gasteiger partial charge in [0.15, 0.2) is 5.82 Å². The van der Waals surface area contributed by atoms with E-state index in [1.54, 1.807) is 18.2 Å². The monoisotopic (exact) mass is 449 g/mol. The van der Waals surface area contributed by atoms with Gasteiger partial charge in [-0.15, -0.1) is 0 Å². The fraction of sp³-hybridized carbons (Fsp3) is 0.450. The number of likely N-dealkylation sites (N-methyl/N-ethyl adjacent to an activating group) is 1. The van der Waals surface area contributed by atoms with Crippen LogP contribution in [0.2, 0.25) is 0 Å². The van der Waals surface area contributed by atoms with Crippen molar-refractivity contribution in [3.63, 3.8) is 0 Å². The van der Waals surface area contributed by atoms with E-state index in [0.717, 1.165) is 12.4 Å². The number of piperidine rings is 1. The number of carbonyl (C=O) groups excluding carboxylic acids is 1. The van der Waals surface area contributed by atoms with E-state index >= 15 is 0 Å². The van der Waals surface area contributed by atoms with E-state index < -0.39 is 21.3 Å². The highest BCUT2D eigenvalue weighted by atomic mass is 32.2. The van der Waals surface area contributed by atoms with Crippen molar-refractivity contribution in [2.75, 3.05) is 44.7 Å². The zero-order valence-electron chi connectivity index (χ0n) is 17.1. The van der Waals surface area contributed by atoms with Crippen LogP contribution in [0.1, 0.15) is 12.8 Å². The molecule has 1 N–H and O–H groups in total. The van der Waals surface area contributed by atoms with Crippen molar-refractivity contribution in [3.8, 4) is 5.75 Å². The number of nitrogens with one attached hydrogen (secondary N) is 1. The van der Waals surface area contributed by atoms with Gasteiger partial charge in [0.1, 0.15) is 10.6 Å². The van der Waals surface area contributed by atoms with Gasteiger partial charge < -0.3 is 15.0 Å². The van der Waals surface area contributed by atoms with Crippen LogP contribution in [-0.4, -0.2) is 68.4 Å². The Hall–Kier alpha value is -2.79. The van der Waals surface area contributed by atoms with Crippen molar-refractivity contribution in [1.82, 2.24) is 19.6 Å². The number of para-hydroxylation sites is 1. The molecule has 0 aliphatic carbocycles. The van der Waals surface area contributed by atoms with Gasteiger partial charge in [-0.1, -0.05) is 12.1 Å². The zero-order valence-corrected chi connectivity index (χ0v) is 17.9. The van der Waals surface area contributed by atoms with Gasteiger partial charge in [0, 0.05) is 32.1 Å². The quantitative estimate of drug-likeness (QED) is 0.746. The number of benzene rings is 1. The third-order valence-electron chi connectivity index (χ3n) is 5.83. The molecule has 0 unspecified atom stereocenters. The van der Waals surface area contributed by atoms with Gasteiger partial charge in [0.2, 0.25) is 21.9 Å². The predicted molar refractivity (Wildman–Crippen MR) is 111 cm³/mol. The summed E-state index contributed by atoms with van der Waals surface area (Å²) >= 11 is 0. The number of halogens is 1. The van der Waals surface area contributed by atoms with Crippen LogP contribution in [0.4, 0.5) is 10.3 Å². The smallest absolute Gasteiger partial charge is 0.247 e. The molecule has 1 spiro atoms. The van der Waals surface area contributed by atoms with Crippen molar-refractivity contribution < 1.29 is 22.3 Å². The van der Waals surface area contributed by atoms with Crippen molar-refractivity contribution in [2.24, 2.45) is 5.41 Å². The average molecular weight is 450 g/mol. The molecule has 9 nitrogen and oxygen atoms in total. The molecule has 2 aromatic rings. The van der Waals surface area contributed by atoms with E-state index in [4.69, 9.17) is 4.74 Å². The molecule has 3 heterocycles. The lowest BCUT2D eigenvalue weighted by Crippen LogP contribution is -2.53. The van der Waals surface area contributed by atoms with Gasteiger partial charge in [0.05, 0.1) is 25.5 Å². The van der Waals surface area contributed by atoms with Crippen LogP contribution in [0.5, 0.6) is 5.75 Å². The number of carbonyl (C=O) groups is 1. The Bertz CT molecular complexity index is 1060. The minimum atomic E-state index is -3.93. The van der Waals surface area contributed by atoms with Gasteiger partial charge in [-0.05, 0) is 25.0 Å². The number of hydrogen-bond donors (Lipinski definition) is 1. The molecular weight excluding hydrogens is 425 g/mol. The van der Waals surface area contributed by atoms with Crippen molar-refractivity contribution in [1.29, 1.82) is 0 Å². The first-order valence-electron chi connectivity index (χ1n) is 9.98. The Morgan fingerprint density at radius 2 is 1.90 bits per heavy atom. The lowest BCUT2D eigenvalue weighted by atomic mass is 9.79. The van der Waals surface area contributed by atoms with Crippen LogP contribution in [0.3, 0.4) is 0 Å². The number of amides is 1. The molecule has 2 aliphatic heterocycles. The fourth-order valence-corrected chi connectivity index (χ4v) is 5.63. The molecule has 0 bridgehead atoms. The SMILES string of the molecule is CNC(=O)CN1CC2(CCN(c3ncc(F)cn3)CC2)COc2ccccc2S1(=O)=O. The van der Waals surface area contributed by atoms with E-state index in [0.29, 0.717) is 38.5 Å². The Labute approximate surface area is 180 Å². The normalized spacial score (nSPS) is 20.3. The van der Waals surface area contributed by atoms with Crippen LogP contribution in [0.15, 0.2) is 41.6 Å². The number of hydrogen-bond acceptors (Lipinski definition) is 7. The predicted octanol–water partition coefficient (Wildman–Crippen LogP) is 1.03. The molecule has 0 atom stereocenters. The number of ether oxygens (including phenoxy) is 1. The van der Waals surface area contributed by atoms with Crippen molar-refractivity contribution in [3.05, 3.63) is 42.5 Å². The van der Waals surface area contributed by atoms with Crippen molar-refractivity contribution in [2.45, 2.75) is 17.7 Å². The molecule has 2 aliphatic rings. The van der Waals surface area contributed by atoms with Gasteiger partial charge >= 0.3 is 0 Å². The summed E-state index contributed by atoms with van der Waals surface area (Å²) in [5, 5.41) is 2.50. The first-order chi connectivity index (χ1) is 14.8. The summed E-state index contributed by atoms with van der Waals surface area (Å²) in [5.41, 5.74) is -0.481. The number of aromatic nitrogens is 2. The number of sulfonamides is 1. The molecule has 31 heavy (non-hydrogen) atoms. The van der Waals surface area contributed by atoms with E-state index in [-0.39, 0.29) is 29.6 Å². The minimum Gasteiger partial charge on any atom is -0.492 e. The maximum absolute atomic E-state index is 13.4. The van der Waals surface area contributed by atoms with Gasteiger partial charge in [-0.2, -0.15) is 4.31 Å². The molecule has 1 saturated heterocycles. The summed E-state index contributed by atoms with van der Waals surface area (Å²) in [6.07, 6.45) is 3.46. The number of rotatable bonds is 3. The first-order valence-corrected chi connectivity index (χ1v) is 11.4. The molecule has 166 valence electrons. The number of anilines is 1. The minimum absolute atomic E-state index is 0.0610. The highest BCUT2D eigenvalue weighted by molar-refractivity contribution is 7.89. The highest BCUT2D eigenvalue weighted by Crippen LogP contribution is 2.39. The molecule has 0 saturated carbocycles. The standard InChI is InChI=1S/C20H24FN5O4S/c1-22-18(27)12-26-13-20(14-30-16-4-2-3-5-17(16)31(26,28)29)6-8-25(9-7-20)19-23-10-15(21)11-24-19/h2-5,10-11H,6-9,12-14H2,1H3,(H,22,27). The second kappa shape index (κ2) is 8.39. The molecule has 11 heteroatoms. The molecule has 1 fully saturated rings. The summed E-state index contributed by atoms with van der Waals surface area (Å²) in [6.45, 7) is 1.34. The van der Waals surface area contributed by atoms with Gasteiger partial charge in [-0.25, -0.2) is 22.8 Å². The molecule has 1 aromatic carbocycles. The van der Waals surface area contributed by atoms with Gasteiger partial charge in [-0.3, -0.25) is 4.79 Å². The lowest BCUT2D eigenvalue weighted by molar-refractivity contribution is -0.121. The van der Waals surface area contributed by atoms with Crippen LogP contribution in [0, 0.1) is 11.2 Å². The van der Waals surface area contributed by atoms with Crippen LogP contribution in [0.25, 0.3) is 0 Å². The van der Waals surface area contributed by atoms with Crippen LogP contribution >= 0.6 is 0 Å². The zero-order chi connectivity index (χ0) is 22.1. The summed E-state index contributed by atoms with van der Waals surface area (Å²) in [6, 6.07) is 6.48. The van der Waals surface area contributed by atoms with Crippen molar-refractivity contribution >= 4 is 21.9 Å². The Kier molecular flexibility index (Phi) is 5.80. The average Bonchev–Trinajstić information content (AvgIpc) is 2.78. The second-order valence-corrected chi connectivity index (χ2v) is 9.78. The first kappa shape index (κ1) is 21.4. The van der Waals surface area contributed by atoms with E-state index in [1.807, 2.05) is 4.90 Å². The number of fused-ring (bicyclic) bond motifs is 1. The largest absolute Gasteiger partial charge is 0.492 e. The fourth-order valence-electron chi connectivity index (χ4n) is 3.99. The van der Waals surface area contributed by atoms with Crippen LogP contribution in [-0.2, 0) is 14.8 Å². The Morgan fingerprint density at radius 1 is 1.23 bits per heavy atom. The molecule has 1 amide bonds. The number of nitrogens with zero attached hydrogens (tertiary/aromatic N) is 4. The summed E-state index contributed by atoms with van der Waals surface area (Å²) in [7, 11) is -2.45. The highest BCUT2D eigenvalue weighted by Gasteiger charge is 2.43. The van der Waals surface area contributed by atoms with Crippen LogP contribution < -0.4 is 15.0 Å². The van der Waals surface area contributed by atoms with Gasteiger partial charge in [0.25, 0.3) is 0 Å². The molecule has 1 aromatic heterocycles. The summed E-state index contributed by atoms with van der Waals surface area (Å²) < 4.78 is 47.1. The topological polar surface area (TPSA) is 105 Å². The summed E-state index contributed by atoms with van der Waals surface area (Å²) in [5.74, 6) is -0.162. The molecule has 0 radical (unpaired) electrons. The Balaban J connectivity index is 1.62. The molecular formula is C20H24FN5O4S. The maximum atomic E-state index is 13.4. The van der Waals surface area contributed by atoms with E-state index in [1.165, 1.54) is 17.4 Å². The molecule has 4 rings (SSSR count). The Morgan fingerprint density at radius 3 is 2.58 bits per heavy atom. The lowest BCUT2D eigenvalue weighted by Gasteiger charge is -2.44. The summed E-state index contributed by atoms with van der Waals surface area (Å²) in [4.78, 5) is 22.2.